The van der Waals surface area contributed by atoms with Crippen LogP contribution in [0.1, 0.15) is 27.4 Å². The van der Waals surface area contributed by atoms with Gasteiger partial charge in [0, 0.05) is 17.8 Å². The Kier molecular flexibility index (Phi) is 5.81. The number of para-hydroxylation sites is 1. The molecule has 1 aromatic carbocycles. The first kappa shape index (κ1) is 20.4. The third-order valence-corrected chi connectivity index (χ3v) is 5.39. The molecule has 0 fully saturated rings. The van der Waals surface area contributed by atoms with E-state index < -0.39 is 11.8 Å². The molecule has 0 radical (unpaired) electrons. The Morgan fingerprint density at radius 3 is 2.58 bits per heavy atom. The summed E-state index contributed by atoms with van der Waals surface area (Å²) in [7, 11) is 0. The van der Waals surface area contributed by atoms with Crippen LogP contribution in [0.15, 0.2) is 70.6 Å². The van der Waals surface area contributed by atoms with Crippen molar-refractivity contribution in [2.24, 2.45) is 0 Å². The quantitative estimate of drug-likeness (QED) is 0.364. The van der Waals surface area contributed by atoms with Gasteiger partial charge in [0.15, 0.2) is 0 Å². The van der Waals surface area contributed by atoms with E-state index in [4.69, 9.17) is 9.52 Å². The smallest absolute Gasteiger partial charge is 0.273 e. The fourth-order valence-electron chi connectivity index (χ4n) is 3.08. The third-order valence-electron chi connectivity index (χ3n) is 4.52. The molecule has 0 unspecified atom stereocenters. The number of carbonyl (C=O) groups is 2. The fourth-order valence-corrected chi connectivity index (χ4v) is 3.81. The minimum atomic E-state index is -0.462. The van der Waals surface area contributed by atoms with Crippen molar-refractivity contribution >= 4 is 29.2 Å². The zero-order chi connectivity index (χ0) is 21.8. The summed E-state index contributed by atoms with van der Waals surface area (Å²) < 4.78 is 7.12. The molecule has 0 aliphatic heterocycles. The molecule has 0 aliphatic carbocycles. The van der Waals surface area contributed by atoms with Crippen molar-refractivity contribution in [2.75, 3.05) is 0 Å². The van der Waals surface area contributed by atoms with Gasteiger partial charge in [-0.05, 0) is 49.6 Å². The van der Waals surface area contributed by atoms with Crippen LogP contribution in [0.5, 0.6) is 0 Å². The van der Waals surface area contributed by atoms with Gasteiger partial charge in [-0.15, -0.1) is 11.3 Å². The second-order valence-electron chi connectivity index (χ2n) is 6.79. The van der Waals surface area contributed by atoms with E-state index in [0.29, 0.717) is 17.1 Å². The zero-order valence-electron chi connectivity index (χ0n) is 17.0. The number of aryl methyl sites for hydroxylation is 2. The largest absolute Gasteiger partial charge is 0.466 e. The second kappa shape index (κ2) is 8.85. The van der Waals surface area contributed by atoms with Crippen LogP contribution in [0.2, 0.25) is 0 Å². The number of hydrogen-bond donors (Lipinski definition) is 2. The van der Waals surface area contributed by atoms with Crippen LogP contribution in [0.4, 0.5) is 0 Å². The molecule has 156 valence electrons. The van der Waals surface area contributed by atoms with Gasteiger partial charge in [0.2, 0.25) is 0 Å². The lowest BCUT2D eigenvalue weighted by Gasteiger charge is -2.03. The summed E-state index contributed by atoms with van der Waals surface area (Å²) in [6.07, 6.45) is 4.90. The Morgan fingerprint density at radius 1 is 1.10 bits per heavy atom. The maximum absolute atomic E-state index is 12.3. The van der Waals surface area contributed by atoms with Crippen LogP contribution < -0.4 is 10.9 Å². The lowest BCUT2D eigenvalue weighted by atomic mass is 10.2. The van der Waals surface area contributed by atoms with Gasteiger partial charge < -0.3 is 4.42 Å². The van der Waals surface area contributed by atoms with Gasteiger partial charge in [-0.3, -0.25) is 20.4 Å². The molecule has 2 N–H and O–H groups in total. The molecule has 4 rings (SSSR count). The molecule has 0 spiro atoms. The summed E-state index contributed by atoms with van der Waals surface area (Å²) in [5, 5.41) is 6.67. The minimum absolute atomic E-state index is 0.380. The van der Waals surface area contributed by atoms with E-state index in [1.165, 1.54) is 6.08 Å². The van der Waals surface area contributed by atoms with E-state index >= 15 is 0 Å². The molecule has 0 saturated carbocycles. The molecule has 0 saturated heterocycles. The summed E-state index contributed by atoms with van der Waals surface area (Å²) in [6.45, 7) is 3.45. The molecule has 7 nitrogen and oxygen atoms in total. The average molecular weight is 433 g/mol. The first-order valence-corrected chi connectivity index (χ1v) is 10.4. The summed E-state index contributed by atoms with van der Waals surface area (Å²) in [6, 6.07) is 15.3. The van der Waals surface area contributed by atoms with Crippen LogP contribution >= 0.6 is 11.3 Å². The van der Waals surface area contributed by atoms with Crippen molar-refractivity contribution in [2.45, 2.75) is 13.8 Å². The van der Waals surface area contributed by atoms with Gasteiger partial charge in [-0.2, -0.15) is 5.10 Å². The van der Waals surface area contributed by atoms with Crippen molar-refractivity contribution in [1.82, 2.24) is 20.6 Å². The molecule has 31 heavy (non-hydrogen) atoms. The Labute approximate surface area is 183 Å². The Bertz CT molecular complexity index is 1240. The molecule has 0 aliphatic rings. The van der Waals surface area contributed by atoms with Crippen LogP contribution in [0.3, 0.4) is 0 Å². The van der Waals surface area contributed by atoms with Gasteiger partial charge in [0.05, 0.1) is 16.1 Å². The highest BCUT2D eigenvalue weighted by molar-refractivity contribution is 7.13. The maximum Gasteiger partial charge on any atom is 0.273 e. The van der Waals surface area contributed by atoms with Gasteiger partial charge in [-0.1, -0.05) is 24.3 Å². The first-order chi connectivity index (χ1) is 15.0. The van der Waals surface area contributed by atoms with E-state index in [-0.39, 0.29) is 0 Å². The SMILES string of the molecule is Cc1cc(C(=O)NNC(=O)/C=C/c2cn(-c3ccccc3)nc2-c2cccs2)c(C)o1. The van der Waals surface area contributed by atoms with Crippen molar-refractivity contribution < 1.29 is 14.0 Å². The summed E-state index contributed by atoms with van der Waals surface area (Å²) in [5.74, 6) is 0.224. The number of furan rings is 1. The predicted molar refractivity (Wildman–Crippen MR) is 120 cm³/mol. The van der Waals surface area contributed by atoms with Crippen molar-refractivity contribution in [3.8, 4) is 16.3 Å². The molecular formula is C23H20N4O3S. The highest BCUT2D eigenvalue weighted by atomic mass is 32.1. The summed E-state index contributed by atoms with van der Waals surface area (Å²) in [5.41, 5.74) is 7.64. The topological polar surface area (TPSA) is 89.2 Å². The molecule has 2 amide bonds. The van der Waals surface area contributed by atoms with Crippen LogP contribution in [0, 0.1) is 13.8 Å². The number of nitrogens with one attached hydrogen (secondary N) is 2. The number of carbonyl (C=O) groups excluding carboxylic acids is 2. The number of hydrogen-bond acceptors (Lipinski definition) is 5. The maximum atomic E-state index is 12.3. The van der Waals surface area contributed by atoms with E-state index in [9.17, 15) is 9.59 Å². The summed E-state index contributed by atoms with van der Waals surface area (Å²) >= 11 is 1.57. The third kappa shape index (κ3) is 4.65. The van der Waals surface area contributed by atoms with Crippen molar-refractivity contribution in [1.29, 1.82) is 0 Å². The number of thiophene rings is 1. The van der Waals surface area contributed by atoms with Crippen molar-refractivity contribution in [3.05, 3.63) is 88.8 Å². The number of nitrogens with zero attached hydrogens (tertiary/aromatic N) is 2. The Hall–Kier alpha value is -3.91. The molecule has 0 atom stereocenters. The molecule has 4 aromatic rings. The Morgan fingerprint density at radius 2 is 1.90 bits per heavy atom. The lowest BCUT2D eigenvalue weighted by molar-refractivity contribution is -0.117. The number of rotatable bonds is 5. The molecule has 3 aromatic heterocycles. The van der Waals surface area contributed by atoms with E-state index in [1.54, 1.807) is 42.0 Å². The van der Waals surface area contributed by atoms with Crippen LogP contribution in [0.25, 0.3) is 22.3 Å². The van der Waals surface area contributed by atoms with E-state index in [0.717, 1.165) is 21.8 Å². The first-order valence-electron chi connectivity index (χ1n) is 9.55. The zero-order valence-corrected chi connectivity index (χ0v) is 17.8. The molecule has 0 bridgehead atoms. The monoisotopic (exact) mass is 432 g/mol. The van der Waals surface area contributed by atoms with Crippen LogP contribution in [-0.4, -0.2) is 21.6 Å². The van der Waals surface area contributed by atoms with Crippen molar-refractivity contribution in [3.63, 3.8) is 0 Å². The normalized spacial score (nSPS) is 11.0. The fraction of sp³-hybridized carbons (Fsp3) is 0.0870. The standard InChI is InChI=1S/C23H20N4O3S/c1-15-13-19(16(2)30-15)23(29)25-24-21(28)11-10-17-14-27(18-7-4-3-5-8-18)26-22(17)20-9-6-12-31-20/h3-14H,1-2H3,(H,24,28)(H,25,29)/b11-10+. The highest BCUT2D eigenvalue weighted by Gasteiger charge is 2.14. The van der Waals surface area contributed by atoms with Gasteiger partial charge in [-0.25, -0.2) is 4.68 Å². The van der Waals surface area contributed by atoms with Gasteiger partial charge in [0.1, 0.15) is 17.2 Å². The van der Waals surface area contributed by atoms with Gasteiger partial charge in [0.25, 0.3) is 11.8 Å². The predicted octanol–water partition coefficient (Wildman–Crippen LogP) is 4.29. The Balaban J connectivity index is 1.50. The lowest BCUT2D eigenvalue weighted by Crippen LogP contribution is -2.40. The summed E-state index contributed by atoms with van der Waals surface area (Å²) in [4.78, 5) is 25.5. The highest BCUT2D eigenvalue weighted by Crippen LogP contribution is 2.28. The molecular weight excluding hydrogens is 412 g/mol. The minimum Gasteiger partial charge on any atom is -0.466 e. The molecule has 8 heteroatoms. The second-order valence-corrected chi connectivity index (χ2v) is 7.74. The number of hydrazine groups is 1. The average Bonchev–Trinajstić information content (AvgIpc) is 3.50. The van der Waals surface area contributed by atoms with E-state index in [1.807, 2.05) is 54.0 Å². The van der Waals surface area contributed by atoms with Crippen LogP contribution in [-0.2, 0) is 4.79 Å². The van der Waals surface area contributed by atoms with E-state index in [2.05, 4.69) is 10.9 Å². The molecule has 3 heterocycles. The number of amides is 2. The number of benzene rings is 1. The van der Waals surface area contributed by atoms with Gasteiger partial charge >= 0.3 is 0 Å². The number of aromatic nitrogens is 2.